The van der Waals surface area contributed by atoms with Crippen LogP contribution in [0.15, 0.2) is 35.8 Å². The first-order valence-electron chi connectivity index (χ1n) is 8.97. The molecule has 1 rings (SSSR count). The number of benzene rings is 1. The first-order chi connectivity index (χ1) is 14.3. The Balaban J connectivity index is 2.83. The van der Waals surface area contributed by atoms with Gasteiger partial charge in [0, 0.05) is 12.0 Å². The van der Waals surface area contributed by atoms with Crippen molar-refractivity contribution in [3.05, 3.63) is 42.0 Å². The minimum atomic E-state index is -4.76. The van der Waals surface area contributed by atoms with Crippen LogP contribution in [0.25, 0.3) is 0 Å². The number of aliphatic carboxylic acids is 1. The molecule has 1 amide bonds. The number of hydrogen-bond acceptors (Lipinski definition) is 5. The van der Waals surface area contributed by atoms with Crippen LogP contribution < -0.4 is 16.8 Å². The molecule has 0 spiro atoms. The minimum absolute atomic E-state index is 0.0202. The number of aliphatic hydroxyl groups is 1. The Morgan fingerprint density at radius 1 is 1.23 bits per heavy atom. The van der Waals surface area contributed by atoms with E-state index in [1.165, 1.54) is 0 Å². The molecule has 0 bridgehead atoms. The molecule has 9 nitrogen and oxygen atoms in total. The number of halogens is 3. The lowest BCUT2D eigenvalue weighted by molar-refractivity contribution is -0.139. The lowest BCUT2D eigenvalue weighted by Gasteiger charge is -2.18. The highest BCUT2D eigenvalue weighted by molar-refractivity contribution is 5.97. The zero-order valence-corrected chi connectivity index (χ0v) is 16.4. The van der Waals surface area contributed by atoms with Crippen LogP contribution in [0.4, 0.5) is 18.9 Å². The number of ketones is 1. The van der Waals surface area contributed by atoms with E-state index in [-0.39, 0.29) is 24.9 Å². The average Bonchev–Trinajstić information content (AvgIpc) is 2.66. The van der Waals surface area contributed by atoms with Gasteiger partial charge in [-0.05, 0) is 30.5 Å². The van der Waals surface area contributed by atoms with Gasteiger partial charge < -0.3 is 27.0 Å². The molecule has 0 radical (unpaired) electrons. The monoisotopic (exact) mass is 444 g/mol. The molecular weight excluding hydrogens is 421 g/mol. The molecule has 12 heteroatoms. The summed E-state index contributed by atoms with van der Waals surface area (Å²) < 4.78 is 39.2. The molecule has 31 heavy (non-hydrogen) atoms. The third-order valence-electron chi connectivity index (χ3n) is 4.17. The van der Waals surface area contributed by atoms with Crippen LogP contribution >= 0.6 is 0 Å². The predicted octanol–water partition coefficient (Wildman–Crippen LogP) is 1.33. The molecule has 2 unspecified atom stereocenters. The summed E-state index contributed by atoms with van der Waals surface area (Å²) in [5.41, 5.74) is 8.48. The summed E-state index contributed by atoms with van der Waals surface area (Å²) in [7, 11) is 0. The molecule has 7 N–H and O–H groups in total. The Morgan fingerprint density at radius 3 is 2.39 bits per heavy atom. The van der Waals surface area contributed by atoms with Gasteiger partial charge in [-0.15, -0.1) is 6.58 Å². The van der Waals surface area contributed by atoms with E-state index in [0.29, 0.717) is 12.1 Å². The molecule has 1 aromatic carbocycles. The number of aliphatic hydroxyl groups excluding tert-OH is 1. The second-order valence-corrected chi connectivity index (χ2v) is 6.65. The second-order valence-electron chi connectivity index (χ2n) is 6.65. The molecule has 0 heterocycles. The Morgan fingerprint density at radius 2 is 1.87 bits per heavy atom. The quantitative estimate of drug-likeness (QED) is 0.195. The average molecular weight is 444 g/mol. The molecule has 0 saturated heterocycles. The maximum Gasteiger partial charge on any atom is 0.416 e. The number of rotatable bonds is 11. The Kier molecular flexibility index (Phi) is 9.18. The highest BCUT2D eigenvalue weighted by atomic mass is 19.4. The second kappa shape index (κ2) is 11.1. The number of Topliss-reactive ketones (excluding diaryl/α,β-unsaturated/α-hetero) is 1. The zero-order chi connectivity index (χ0) is 23.8. The van der Waals surface area contributed by atoms with Gasteiger partial charge in [0.2, 0.25) is 0 Å². The number of hydrogen-bond donors (Lipinski definition) is 5. The maximum atomic E-state index is 13.1. The lowest BCUT2D eigenvalue weighted by Crippen LogP contribution is -2.30. The van der Waals surface area contributed by atoms with E-state index < -0.39 is 59.5 Å². The van der Waals surface area contributed by atoms with Crippen molar-refractivity contribution in [1.82, 2.24) is 5.32 Å². The smallest absolute Gasteiger partial charge is 0.416 e. The van der Waals surface area contributed by atoms with Gasteiger partial charge in [-0.3, -0.25) is 14.4 Å². The van der Waals surface area contributed by atoms with Crippen molar-refractivity contribution in [3.8, 4) is 0 Å². The number of carbonyl (C=O) groups excluding carboxylic acids is 2. The van der Waals surface area contributed by atoms with Crippen molar-refractivity contribution in [2.24, 2.45) is 22.4 Å². The molecule has 2 atom stereocenters. The highest BCUT2D eigenvalue weighted by Crippen LogP contribution is 2.32. The van der Waals surface area contributed by atoms with Crippen molar-refractivity contribution < 1.29 is 37.8 Å². The van der Waals surface area contributed by atoms with Gasteiger partial charge in [0.05, 0.1) is 30.3 Å². The van der Waals surface area contributed by atoms with E-state index in [0.717, 1.165) is 12.1 Å². The number of amides is 1. The number of alkyl halides is 3. The van der Waals surface area contributed by atoms with Gasteiger partial charge in [0.1, 0.15) is 0 Å². The van der Waals surface area contributed by atoms with Gasteiger partial charge >= 0.3 is 12.1 Å². The number of nitrogens with one attached hydrogen (secondary N) is 1. The minimum Gasteiger partial charge on any atom is -0.481 e. The van der Waals surface area contributed by atoms with Crippen LogP contribution in [-0.2, 0) is 15.8 Å². The zero-order valence-electron chi connectivity index (χ0n) is 16.4. The van der Waals surface area contributed by atoms with E-state index in [4.69, 9.17) is 16.6 Å². The fraction of sp³-hybridized carbons (Fsp3) is 0.368. The molecule has 0 fully saturated rings. The molecule has 0 saturated carbocycles. The van der Waals surface area contributed by atoms with Crippen molar-refractivity contribution >= 4 is 29.3 Å². The number of nitrogens with two attached hydrogens (primary N) is 2. The highest BCUT2D eigenvalue weighted by Gasteiger charge is 2.32. The predicted molar refractivity (Wildman–Crippen MR) is 105 cm³/mol. The van der Waals surface area contributed by atoms with Gasteiger partial charge in [0.25, 0.3) is 5.91 Å². The summed E-state index contributed by atoms with van der Waals surface area (Å²) in [4.78, 5) is 38.6. The Bertz CT molecular complexity index is 867. The third-order valence-corrected chi connectivity index (χ3v) is 4.17. The number of carboxylic acid groups (broad SMARTS) is 1. The van der Waals surface area contributed by atoms with Crippen LogP contribution in [0.2, 0.25) is 0 Å². The van der Waals surface area contributed by atoms with Crippen LogP contribution in [0, 0.1) is 5.92 Å². The molecule has 170 valence electrons. The van der Waals surface area contributed by atoms with Crippen LogP contribution in [-0.4, -0.2) is 46.5 Å². The fourth-order valence-electron chi connectivity index (χ4n) is 2.65. The van der Waals surface area contributed by atoms with Crippen molar-refractivity contribution in [1.29, 1.82) is 0 Å². The summed E-state index contributed by atoms with van der Waals surface area (Å²) in [6, 6.07) is 2.28. The largest absolute Gasteiger partial charge is 0.481 e. The van der Waals surface area contributed by atoms with E-state index in [9.17, 15) is 32.7 Å². The van der Waals surface area contributed by atoms with Crippen LogP contribution in [0.1, 0.15) is 35.2 Å². The normalized spacial score (nSPS) is 13.0. The number of aliphatic imine (C=N–C) groups is 1. The van der Waals surface area contributed by atoms with Crippen LogP contribution in [0.3, 0.4) is 0 Å². The maximum absolute atomic E-state index is 13.1. The molecule has 0 aromatic heterocycles. The van der Waals surface area contributed by atoms with Gasteiger partial charge in [-0.25, -0.2) is 4.99 Å². The summed E-state index contributed by atoms with van der Waals surface area (Å²) in [5.74, 6) is -3.87. The third kappa shape index (κ3) is 8.86. The number of carboxylic acids is 1. The van der Waals surface area contributed by atoms with E-state index in [1.54, 1.807) is 0 Å². The summed E-state index contributed by atoms with van der Waals surface area (Å²) in [5, 5.41) is 20.8. The molecule has 0 aliphatic rings. The first kappa shape index (κ1) is 25.6. The van der Waals surface area contributed by atoms with Gasteiger partial charge in [-0.1, -0.05) is 6.08 Å². The molecule has 0 aliphatic carbocycles. The number of carbonyl (C=O) groups is 3. The summed E-state index contributed by atoms with van der Waals surface area (Å²) in [6.07, 6.45) is -5.26. The van der Waals surface area contributed by atoms with E-state index in [1.807, 2.05) is 0 Å². The summed E-state index contributed by atoms with van der Waals surface area (Å²) >= 11 is 0. The van der Waals surface area contributed by atoms with E-state index in [2.05, 4.69) is 16.9 Å². The van der Waals surface area contributed by atoms with Gasteiger partial charge in [0.15, 0.2) is 11.7 Å². The summed E-state index contributed by atoms with van der Waals surface area (Å²) in [6.45, 7) is 2.87. The first-order valence-corrected chi connectivity index (χ1v) is 8.97. The van der Waals surface area contributed by atoms with Crippen molar-refractivity contribution in [2.75, 3.05) is 6.54 Å². The van der Waals surface area contributed by atoms with Gasteiger partial charge in [-0.2, -0.15) is 13.2 Å². The molecule has 0 aliphatic heterocycles. The Labute approximate surface area is 175 Å². The molecular formula is C19H23F3N4O5. The standard InChI is InChI=1S/C19H23F3N4O5/c1-2-15(28)10(7-16(29)30)3-4-14(27)9-25-17(31)11-5-12(19(20,21)22)8-13(6-11)26-18(23)24/h2,5-6,8,10,15,28H,1,3-4,7,9H2,(H,25,31)(H,29,30)(H4,23,24,26). The number of nitrogens with zero attached hydrogens (tertiary/aromatic N) is 1. The van der Waals surface area contributed by atoms with Crippen molar-refractivity contribution in [3.63, 3.8) is 0 Å². The van der Waals surface area contributed by atoms with E-state index >= 15 is 0 Å². The Hall–Kier alpha value is -3.41. The van der Waals surface area contributed by atoms with Crippen LogP contribution in [0.5, 0.6) is 0 Å². The number of guanidine groups is 1. The fourth-order valence-corrected chi connectivity index (χ4v) is 2.65. The molecule has 1 aromatic rings. The van der Waals surface area contributed by atoms with Crippen molar-refractivity contribution in [2.45, 2.75) is 31.5 Å². The lowest BCUT2D eigenvalue weighted by atomic mass is 9.92. The SMILES string of the molecule is C=CC(O)C(CCC(=O)CNC(=O)c1cc(N=C(N)N)cc(C(F)(F)F)c1)CC(=O)O. The topological polar surface area (TPSA) is 168 Å².